The van der Waals surface area contributed by atoms with Crippen molar-refractivity contribution in [3.8, 4) is 23.0 Å². The summed E-state index contributed by atoms with van der Waals surface area (Å²) in [5, 5.41) is 3.07. The van der Waals surface area contributed by atoms with Crippen LogP contribution >= 0.6 is 0 Å². The second-order valence-electron chi connectivity index (χ2n) is 5.85. The maximum Gasteiger partial charge on any atom is 0.187 e. The number of hydrogen-bond acceptors (Lipinski definition) is 5. The quantitative estimate of drug-likeness (QED) is 0.427. The number of carbonyl (C=O) groups is 1. The van der Waals surface area contributed by atoms with Crippen molar-refractivity contribution >= 4 is 11.5 Å². The Labute approximate surface area is 164 Å². The standard InChI is InChI=1S/C23H21NO4/c1-26-20-7-5-6-17(16-20)21(25)14-15-24-18-10-12-19(13-11-18)28-23-9-4-3-8-22(23)27-2/h3-16,24H,1-2H3/b15-14+. The average Bonchev–Trinajstić information content (AvgIpc) is 2.75. The number of allylic oxidation sites excluding steroid dienone is 1. The molecule has 0 spiro atoms. The fourth-order valence-corrected chi connectivity index (χ4v) is 2.54. The molecule has 5 heteroatoms. The zero-order valence-electron chi connectivity index (χ0n) is 15.7. The molecule has 1 N–H and O–H groups in total. The molecular weight excluding hydrogens is 354 g/mol. The normalized spacial score (nSPS) is 10.5. The lowest BCUT2D eigenvalue weighted by molar-refractivity contribution is 0.104. The molecule has 0 heterocycles. The van der Waals surface area contributed by atoms with E-state index in [0.717, 1.165) is 5.69 Å². The molecule has 0 aliphatic carbocycles. The molecular formula is C23H21NO4. The Morgan fingerprint density at radius 2 is 1.57 bits per heavy atom. The summed E-state index contributed by atoms with van der Waals surface area (Å²) in [6.07, 6.45) is 3.09. The van der Waals surface area contributed by atoms with Crippen molar-refractivity contribution in [1.29, 1.82) is 0 Å². The lowest BCUT2D eigenvalue weighted by Gasteiger charge is -2.10. The van der Waals surface area contributed by atoms with E-state index in [1.807, 2.05) is 48.5 Å². The fourth-order valence-electron chi connectivity index (χ4n) is 2.54. The van der Waals surface area contributed by atoms with Crippen LogP contribution in [-0.4, -0.2) is 20.0 Å². The predicted molar refractivity (Wildman–Crippen MR) is 110 cm³/mol. The Kier molecular flexibility index (Phi) is 6.31. The lowest BCUT2D eigenvalue weighted by Crippen LogP contribution is -1.97. The van der Waals surface area contributed by atoms with Crippen molar-refractivity contribution in [2.24, 2.45) is 0 Å². The SMILES string of the molecule is COc1cccc(C(=O)/C=C/Nc2ccc(Oc3ccccc3OC)cc2)c1. The van der Waals surface area contributed by atoms with Crippen LogP contribution in [-0.2, 0) is 0 Å². The Hall–Kier alpha value is -3.73. The Bertz CT molecular complexity index is 964. The van der Waals surface area contributed by atoms with E-state index in [1.54, 1.807) is 44.7 Å². The van der Waals surface area contributed by atoms with Crippen LogP contribution in [0.25, 0.3) is 0 Å². The van der Waals surface area contributed by atoms with Gasteiger partial charge in [0.2, 0.25) is 0 Å². The van der Waals surface area contributed by atoms with Crippen LogP contribution in [0.4, 0.5) is 5.69 Å². The highest BCUT2D eigenvalue weighted by Crippen LogP contribution is 2.31. The van der Waals surface area contributed by atoms with Crippen LogP contribution < -0.4 is 19.5 Å². The third kappa shape index (κ3) is 4.92. The van der Waals surface area contributed by atoms with Gasteiger partial charge < -0.3 is 19.5 Å². The first-order valence-electron chi connectivity index (χ1n) is 8.72. The molecule has 5 nitrogen and oxygen atoms in total. The third-order valence-corrected chi connectivity index (χ3v) is 3.99. The van der Waals surface area contributed by atoms with E-state index in [0.29, 0.717) is 28.6 Å². The number of nitrogens with one attached hydrogen (secondary N) is 1. The zero-order chi connectivity index (χ0) is 19.8. The van der Waals surface area contributed by atoms with E-state index in [-0.39, 0.29) is 5.78 Å². The van der Waals surface area contributed by atoms with E-state index in [4.69, 9.17) is 14.2 Å². The maximum absolute atomic E-state index is 12.2. The average molecular weight is 375 g/mol. The molecule has 28 heavy (non-hydrogen) atoms. The van der Waals surface area contributed by atoms with Crippen LogP contribution in [0.5, 0.6) is 23.0 Å². The highest BCUT2D eigenvalue weighted by molar-refractivity contribution is 6.04. The molecule has 0 fully saturated rings. The molecule has 0 aliphatic heterocycles. The second kappa shape index (κ2) is 9.28. The van der Waals surface area contributed by atoms with Gasteiger partial charge in [-0.1, -0.05) is 24.3 Å². The molecule has 0 atom stereocenters. The van der Waals surface area contributed by atoms with Crippen molar-refractivity contribution in [2.75, 3.05) is 19.5 Å². The summed E-state index contributed by atoms with van der Waals surface area (Å²) in [7, 11) is 3.18. The molecule has 0 bridgehead atoms. The van der Waals surface area contributed by atoms with Crippen molar-refractivity contribution in [3.05, 3.63) is 90.6 Å². The molecule has 0 saturated carbocycles. The van der Waals surface area contributed by atoms with Gasteiger partial charge in [-0.3, -0.25) is 4.79 Å². The van der Waals surface area contributed by atoms with Crippen molar-refractivity contribution in [3.63, 3.8) is 0 Å². The zero-order valence-corrected chi connectivity index (χ0v) is 15.7. The summed E-state index contributed by atoms with van der Waals surface area (Å²) in [5.41, 5.74) is 1.40. The second-order valence-corrected chi connectivity index (χ2v) is 5.85. The minimum Gasteiger partial charge on any atom is -0.497 e. The summed E-state index contributed by atoms with van der Waals surface area (Å²) in [5.74, 6) is 2.55. The third-order valence-electron chi connectivity index (χ3n) is 3.99. The van der Waals surface area contributed by atoms with Gasteiger partial charge in [-0.25, -0.2) is 0 Å². The topological polar surface area (TPSA) is 56.8 Å². The van der Waals surface area contributed by atoms with E-state index in [1.165, 1.54) is 6.08 Å². The number of carbonyl (C=O) groups excluding carboxylic acids is 1. The van der Waals surface area contributed by atoms with Gasteiger partial charge in [0.1, 0.15) is 11.5 Å². The number of benzene rings is 3. The first kappa shape index (κ1) is 19.0. The monoisotopic (exact) mass is 375 g/mol. The van der Waals surface area contributed by atoms with Crippen molar-refractivity contribution in [2.45, 2.75) is 0 Å². The maximum atomic E-state index is 12.2. The predicted octanol–water partition coefficient (Wildman–Crippen LogP) is 5.30. The largest absolute Gasteiger partial charge is 0.497 e. The first-order chi connectivity index (χ1) is 13.7. The molecule has 0 aromatic heterocycles. The van der Waals surface area contributed by atoms with Gasteiger partial charge in [0, 0.05) is 23.5 Å². The number of rotatable bonds is 8. The van der Waals surface area contributed by atoms with E-state index in [2.05, 4.69) is 5.32 Å². The minimum absolute atomic E-state index is 0.109. The van der Waals surface area contributed by atoms with E-state index >= 15 is 0 Å². The molecule has 142 valence electrons. The van der Waals surface area contributed by atoms with Crippen LogP contribution in [0.3, 0.4) is 0 Å². The van der Waals surface area contributed by atoms with Gasteiger partial charge in [-0.15, -0.1) is 0 Å². The van der Waals surface area contributed by atoms with Gasteiger partial charge in [-0.2, -0.15) is 0 Å². The van der Waals surface area contributed by atoms with Crippen LogP contribution in [0.15, 0.2) is 85.1 Å². The lowest BCUT2D eigenvalue weighted by atomic mass is 10.1. The first-order valence-corrected chi connectivity index (χ1v) is 8.72. The van der Waals surface area contributed by atoms with E-state index < -0.39 is 0 Å². The molecule has 0 aliphatic rings. The molecule has 3 aromatic rings. The molecule has 3 rings (SSSR count). The number of methoxy groups -OCH3 is 2. The van der Waals surface area contributed by atoms with E-state index in [9.17, 15) is 4.79 Å². The summed E-state index contributed by atoms with van der Waals surface area (Å²) in [6, 6.07) is 21.9. The number of ketones is 1. The Morgan fingerprint density at radius 3 is 2.29 bits per heavy atom. The van der Waals surface area contributed by atoms with Crippen LogP contribution in [0.1, 0.15) is 10.4 Å². The Morgan fingerprint density at radius 1 is 0.821 bits per heavy atom. The molecule has 3 aromatic carbocycles. The number of para-hydroxylation sites is 2. The molecule has 0 amide bonds. The minimum atomic E-state index is -0.109. The highest BCUT2D eigenvalue weighted by Gasteiger charge is 2.05. The number of ether oxygens (including phenoxy) is 3. The molecule has 0 radical (unpaired) electrons. The fraction of sp³-hybridized carbons (Fsp3) is 0.0870. The summed E-state index contributed by atoms with van der Waals surface area (Å²) < 4.78 is 16.3. The highest BCUT2D eigenvalue weighted by atomic mass is 16.5. The van der Waals surface area contributed by atoms with Gasteiger partial charge in [-0.05, 0) is 48.5 Å². The smallest absolute Gasteiger partial charge is 0.187 e. The van der Waals surface area contributed by atoms with Crippen LogP contribution in [0, 0.1) is 0 Å². The Balaban J connectivity index is 1.59. The number of anilines is 1. The van der Waals surface area contributed by atoms with Crippen LogP contribution in [0.2, 0.25) is 0 Å². The summed E-state index contributed by atoms with van der Waals surface area (Å²) in [4.78, 5) is 12.2. The summed E-state index contributed by atoms with van der Waals surface area (Å²) >= 11 is 0. The molecule has 0 unspecified atom stereocenters. The number of hydrogen-bond donors (Lipinski definition) is 1. The van der Waals surface area contributed by atoms with Gasteiger partial charge in [0.25, 0.3) is 0 Å². The summed E-state index contributed by atoms with van der Waals surface area (Å²) in [6.45, 7) is 0. The molecule has 0 saturated heterocycles. The van der Waals surface area contributed by atoms with Gasteiger partial charge >= 0.3 is 0 Å². The van der Waals surface area contributed by atoms with Gasteiger partial charge in [0.15, 0.2) is 17.3 Å². The van der Waals surface area contributed by atoms with Crippen molar-refractivity contribution < 1.29 is 19.0 Å². The van der Waals surface area contributed by atoms with Crippen molar-refractivity contribution in [1.82, 2.24) is 0 Å². The van der Waals surface area contributed by atoms with Gasteiger partial charge in [0.05, 0.1) is 14.2 Å².